The van der Waals surface area contributed by atoms with Crippen molar-refractivity contribution in [2.24, 2.45) is 5.92 Å². The SMILES string of the molecule is CCC(C)C(COCCCc1ccccc1)NC. The van der Waals surface area contributed by atoms with Crippen LogP contribution in [0.3, 0.4) is 0 Å². The number of hydrogen-bond donors (Lipinski definition) is 1. The van der Waals surface area contributed by atoms with Gasteiger partial charge in [-0.1, -0.05) is 50.6 Å². The predicted octanol–water partition coefficient (Wildman–Crippen LogP) is 3.27. The molecule has 0 heterocycles. The number of benzene rings is 1. The molecular formula is C16H27NO. The van der Waals surface area contributed by atoms with Crippen LogP contribution in [0.5, 0.6) is 0 Å². The van der Waals surface area contributed by atoms with Crippen LogP contribution >= 0.6 is 0 Å². The van der Waals surface area contributed by atoms with Crippen LogP contribution in [0.15, 0.2) is 30.3 Å². The minimum absolute atomic E-state index is 0.478. The standard InChI is InChI=1S/C16H27NO/c1-4-14(2)16(17-3)13-18-12-8-11-15-9-6-5-7-10-15/h5-7,9-10,14,16-17H,4,8,11-13H2,1-3H3. The minimum atomic E-state index is 0.478. The molecule has 0 spiro atoms. The average molecular weight is 249 g/mol. The lowest BCUT2D eigenvalue weighted by Crippen LogP contribution is -2.36. The lowest BCUT2D eigenvalue weighted by Gasteiger charge is -2.22. The number of hydrogen-bond acceptors (Lipinski definition) is 2. The van der Waals surface area contributed by atoms with Crippen molar-refractivity contribution in [2.75, 3.05) is 20.3 Å². The molecule has 0 saturated heterocycles. The Hall–Kier alpha value is -0.860. The Morgan fingerprint density at radius 2 is 1.94 bits per heavy atom. The molecule has 0 fully saturated rings. The molecule has 2 atom stereocenters. The van der Waals surface area contributed by atoms with Crippen LogP contribution < -0.4 is 5.32 Å². The van der Waals surface area contributed by atoms with Gasteiger partial charge >= 0.3 is 0 Å². The fourth-order valence-electron chi connectivity index (χ4n) is 2.05. The van der Waals surface area contributed by atoms with Crippen LogP contribution in [0.4, 0.5) is 0 Å². The first kappa shape index (κ1) is 15.2. The molecule has 1 rings (SSSR count). The molecule has 2 nitrogen and oxygen atoms in total. The zero-order valence-corrected chi connectivity index (χ0v) is 12.0. The summed E-state index contributed by atoms with van der Waals surface area (Å²) in [4.78, 5) is 0. The van der Waals surface area contributed by atoms with Crippen molar-refractivity contribution in [3.05, 3.63) is 35.9 Å². The molecule has 1 aromatic rings. The van der Waals surface area contributed by atoms with Crippen molar-refractivity contribution in [3.8, 4) is 0 Å². The molecule has 0 aliphatic rings. The van der Waals surface area contributed by atoms with E-state index in [1.165, 1.54) is 12.0 Å². The van der Waals surface area contributed by atoms with E-state index < -0.39 is 0 Å². The number of rotatable bonds is 9. The Kier molecular flexibility index (Phi) is 7.70. The van der Waals surface area contributed by atoms with E-state index in [1.54, 1.807) is 0 Å². The Balaban J connectivity index is 2.11. The monoisotopic (exact) mass is 249 g/mol. The molecule has 1 aromatic carbocycles. The molecule has 0 bridgehead atoms. The maximum atomic E-state index is 5.77. The van der Waals surface area contributed by atoms with E-state index in [0.29, 0.717) is 12.0 Å². The van der Waals surface area contributed by atoms with Gasteiger partial charge < -0.3 is 10.1 Å². The van der Waals surface area contributed by atoms with Crippen LogP contribution in [0.1, 0.15) is 32.3 Å². The van der Waals surface area contributed by atoms with Gasteiger partial charge in [-0.15, -0.1) is 0 Å². The van der Waals surface area contributed by atoms with E-state index in [4.69, 9.17) is 4.74 Å². The van der Waals surface area contributed by atoms with E-state index >= 15 is 0 Å². The van der Waals surface area contributed by atoms with Crippen molar-refractivity contribution in [1.82, 2.24) is 5.32 Å². The van der Waals surface area contributed by atoms with Gasteiger partial charge in [0.25, 0.3) is 0 Å². The highest BCUT2D eigenvalue weighted by atomic mass is 16.5. The van der Waals surface area contributed by atoms with Gasteiger partial charge in [-0.05, 0) is 31.4 Å². The summed E-state index contributed by atoms with van der Waals surface area (Å²) in [5.74, 6) is 0.670. The number of ether oxygens (including phenoxy) is 1. The Labute approximate surface area is 112 Å². The van der Waals surface area contributed by atoms with Crippen LogP contribution in [0.2, 0.25) is 0 Å². The summed E-state index contributed by atoms with van der Waals surface area (Å²) in [6.45, 7) is 6.17. The highest BCUT2D eigenvalue weighted by Gasteiger charge is 2.13. The van der Waals surface area contributed by atoms with Crippen LogP contribution in [-0.4, -0.2) is 26.3 Å². The van der Waals surface area contributed by atoms with E-state index in [1.807, 2.05) is 7.05 Å². The summed E-state index contributed by atoms with van der Waals surface area (Å²) in [6.07, 6.45) is 3.40. The number of nitrogens with one attached hydrogen (secondary N) is 1. The van der Waals surface area contributed by atoms with Gasteiger partial charge in [-0.25, -0.2) is 0 Å². The molecule has 0 aromatic heterocycles. The van der Waals surface area contributed by atoms with Gasteiger partial charge in [0.15, 0.2) is 0 Å². The first-order valence-corrected chi connectivity index (χ1v) is 7.06. The normalized spacial score (nSPS) is 14.4. The van der Waals surface area contributed by atoms with Crippen molar-refractivity contribution in [2.45, 2.75) is 39.2 Å². The summed E-state index contributed by atoms with van der Waals surface area (Å²) in [6, 6.07) is 11.1. The van der Waals surface area contributed by atoms with Crippen molar-refractivity contribution >= 4 is 0 Å². The fourth-order valence-corrected chi connectivity index (χ4v) is 2.05. The fraction of sp³-hybridized carbons (Fsp3) is 0.625. The minimum Gasteiger partial charge on any atom is -0.380 e. The van der Waals surface area contributed by atoms with E-state index in [0.717, 1.165) is 26.1 Å². The van der Waals surface area contributed by atoms with E-state index in [2.05, 4.69) is 49.5 Å². The van der Waals surface area contributed by atoms with Crippen molar-refractivity contribution in [1.29, 1.82) is 0 Å². The van der Waals surface area contributed by atoms with Gasteiger partial charge in [-0.2, -0.15) is 0 Å². The highest BCUT2D eigenvalue weighted by molar-refractivity contribution is 5.14. The summed E-state index contributed by atoms with van der Waals surface area (Å²) < 4.78 is 5.77. The van der Waals surface area contributed by atoms with Crippen molar-refractivity contribution < 1.29 is 4.74 Å². The second-order valence-corrected chi connectivity index (χ2v) is 4.94. The largest absolute Gasteiger partial charge is 0.380 e. The molecule has 2 unspecified atom stereocenters. The van der Waals surface area contributed by atoms with Gasteiger partial charge in [0.05, 0.1) is 6.61 Å². The third kappa shape index (κ3) is 5.65. The quantitative estimate of drug-likeness (QED) is 0.678. The molecule has 0 amide bonds. The zero-order valence-electron chi connectivity index (χ0n) is 12.0. The summed E-state index contributed by atoms with van der Waals surface area (Å²) >= 11 is 0. The zero-order chi connectivity index (χ0) is 13.2. The first-order chi connectivity index (χ1) is 8.77. The molecule has 0 aliphatic carbocycles. The lowest BCUT2D eigenvalue weighted by molar-refractivity contribution is 0.0957. The first-order valence-electron chi connectivity index (χ1n) is 7.06. The topological polar surface area (TPSA) is 21.3 Å². The Morgan fingerprint density at radius 1 is 1.22 bits per heavy atom. The second-order valence-electron chi connectivity index (χ2n) is 4.94. The molecule has 1 N–H and O–H groups in total. The summed E-state index contributed by atoms with van der Waals surface area (Å²) in [5, 5.41) is 3.34. The van der Waals surface area contributed by atoms with Crippen LogP contribution in [0.25, 0.3) is 0 Å². The second kappa shape index (κ2) is 9.12. The highest BCUT2D eigenvalue weighted by Crippen LogP contribution is 2.08. The Bertz CT molecular complexity index is 299. The smallest absolute Gasteiger partial charge is 0.0622 e. The van der Waals surface area contributed by atoms with Gasteiger partial charge in [0, 0.05) is 12.6 Å². The molecular weight excluding hydrogens is 222 g/mol. The van der Waals surface area contributed by atoms with Crippen LogP contribution in [-0.2, 0) is 11.2 Å². The van der Waals surface area contributed by atoms with E-state index in [9.17, 15) is 0 Å². The summed E-state index contributed by atoms with van der Waals surface area (Å²) in [7, 11) is 2.02. The molecule has 2 heteroatoms. The maximum Gasteiger partial charge on any atom is 0.0622 e. The third-order valence-corrected chi connectivity index (χ3v) is 3.60. The van der Waals surface area contributed by atoms with Crippen molar-refractivity contribution in [3.63, 3.8) is 0 Å². The number of aryl methyl sites for hydroxylation is 1. The molecule has 0 aliphatic heterocycles. The Morgan fingerprint density at radius 3 is 2.56 bits per heavy atom. The number of likely N-dealkylation sites (N-methyl/N-ethyl adjacent to an activating group) is 1. The third-order valence-electron chi connectivity index (χ3n) is 3.60. The molecule has 0 radical (unpaired) electrons. The van der Waals surface area contributed by atoms with Gasteiger partial charge in [-0.3, -0.25) is 0 Å². The maximum absolute atomic E-state index is 5.77. The average Bonchev–Trinajstić information content (AvgIpc) is 2.43. The lowest BCUT2D eigenvalue weighted by atomic mass is 10.0. The molecule has 102 valence electrons. The summed E-state index contributed by atoms with van der Waals surface area (Å²) in [5.41, 5.74) is 1.40. The molecule has 18 heavy (non-hydrogen) atoms. The predicted molar refractivity (Wildman–Crippen MR) is 77.9 cm³/mol. The molecule has 0 saturated carbocycles. The van der Waals surface area contributed by atoms with Gasteiger partial charge in [0.1, 0.15) is 0 Å². The van der Waals surface area contributed by atoms with Crippen LogP contribution in [0, 0.1) is 5.92 Å². The van der Waals surface area contributed by atoms with Gasteiger partial charge in [0.2, 0.25) is 0 Å². The van der Waals surface area contributed by atoms with E-state index in [-0.39, 0.29) is 0 Å².